The minimum absolute atomic E-state index is 0.0818. The molecule has 1 heterocycles. The summed E-state index contributed by atoms with van der Waals surface area (Å²) in [5.74, 6) is -1.34. The van der Waals surface area contributed by atoms with Gasteiger partial charge in [0.1, 0.15) is 11.5 Å². The number of rotatable bonds is 8. The van der Waals surface area contributed by atoms with Gasteiger partial charge < -0.3 is 19.7 Å². The SMILES string of the molecule is CCCOc1cccc(/C(O)=C2\C(=O)C(=O)N(c3ccc(C)c(Cl)c3)C2c2ccc(O)c(OCC)c2)c1. The molecule has 0 radical (unpaired) electrons. The highest BCUT2D eigenvalue weighted by Crippen LogP contribution is 2.44. The minimum atomic E-state index is -1.00. The zero-order valence-electron chi connectivity index (χ0n) is 20.8. The zero-order chi connectivity index (χ0) is 26.7. The van der Waals surface area contributed by atoms with Gasteiger partial charge in [0.05, 0.1) is 24.8 Å². The fraction of sp³-hybridized carbons (Fsp3) is 0.241. The lowest BCUT2D eigenvalue weighted by Gasteiger charge is -2.26. The first-order valence-electron chi connectivity index (χ1n) is 12.0. The molecule has 0 saturated carbocycles. The third kappa shape index (κ3) is 5.13. The molecule has 2 N–H and O–H groups in total. The number of aryl methyl sites for hydroxylation is 1. The summed E-state index contributed by atoms with van der Waals surface area (Å²) in [6.07, 6.45) is 0.809. The topological polar surface area (TPSA) is 96.3 Å². The quantitative estimate of drug-likeness (QED) is 0.209. The van der Waals surface area contributed by atoms with E-state index in [0.29, 0.717) is 40.8 Å². The number of halogens is 1. The lowest BCUT2D eigenvalue weighted by atomic mass is 9.94. The van der Waals surface area contributed by atoms with E-state index in [1.165, 1.54) is 11.0 Å². The molecule has 0 spiro atoms. The van der Waals surface area contributed by atoms with Gasteiger partial charge in [-0.05, 0) is 67.8 Å². The van der Waals surface area contributed by atoms with E-state index >= 15 is 0 Å². The Morgan fingerprint density at radius 1 is 1.03 bits per heavy atom. The van der Waals surface area contributed by atoms with Crippen LogP contribution in [0.4, 0.5) is 5.69 Å². The Balaban J connectivity index is 1.93. The molecule has 192 valence electrons. The molecular weight excluding hydrogens is 494 g/mol. The summed E-state index contributed by atoms with van der Waals surface area (Å²) in [5, 5.41) is 22.1. The number of amides is 1. The number of carbonyl (C=O) groups excluding carboxylic acids is 2. The van der Waals surface area contributed by atoms with Crippen LogP contribution in [0.3, 0.4) is 0 Å². The highest BCUT2D eigenvalue weighted by molar-refractivity contribution is 6.51. The number of phenols is 1. The van der Waals surface area contributed by atoms with Gasteiger partial charge in [0.15, 0.2) is 11.5 Å². The molecular formula is C29H28ClNO6. The summed E-state index contributed by atoms with van der Waals surface area (Å²) in [5.41, 5.74) is 1.92. The molecule has 1 unspecified atom stereocenters. The number of aromatic hydroxyl groups is 1. The van der Waals surface area contributed by atoms with Gasteiger partial charge in [0.25, 0.3) is 11.7 Å². The second kappa shape index (κ2) is 11.0. The number of ketones is 1. The molecule has 0 bridgehead atoms. The normalized spacial score (nSPS) is 16.8. The van der Waals surface area contributed by atoms with E-state index in [-0.39, 0.29) is 22.8 Å². The molecule has 7 nitrogen and oxygen atoms in total. The molecule has 1 amide bonds. The van der Waals surface area contributed by atoms with E-state index < -0.39 is 17.7 Å². The Morgan fingerprint density at radius 2 is 1.81 bits per heavy atom. The number of phenolic OH excluding ortho intramolecular Hbond substituents is 1. The van der Waals surface area contributed by atoms with Crippen molar-refractivity contribution < 1.29 is 29.3 Å². The Hall–Kier alpha value is -3.97. The number of benzene rings is 3. The fourth-order valence-electron chi connectivity index (χ4n) is 4.23. The summed E-state index contributed by atoms with van der Waals surface area (Å²) >= 11 is 6.36. The van der Waals surface area contributed by atoms with Crippen molar-refractivity contribution >= 4 is 34.7 Å². The van der Waals surface area contributed by atoms with Gasteiger partial charge in [-0.1, -0.05) is 42.8 Å². The number of Topliss-reactive ketones (excluding diaryl/α,β-unsaturated/α-hetero) is 1. The number of aliphatic hydroxyl groups is 1. The highest BCUT2D eigenvalue weighted by atomic mass is 35.5. The lowest BCUT2D eigenvalue weighted by Crippen LogP contribution is -2.29. The van der Waals surface area contributed by atoms with Crippen LogP contribution in [-0.4, -0.2) is 35.1 Å². The van der Waals surface area contributed by atoms with Gasteiger partial charge in [-0.15, -0.1) is 0 Å². The van der Waals surface area contributed by atoms with E-state index in [9.17, 15) is 19.8 Å². The van der Waals surface area contributed by atoms with E-state index in [0.717, 1.165) is 12.0 Å². The number of carbonyl (C=O) groups is 2. The number of anilines is 1. The third-order valence-corrected chi connectivity index (χ3v) is 6.46. The summed E-state index contributed by atoms with van der Waals surface area (Å²) in [4.78, 5) is 28.1. The molecule has 0 aliphatic carbocycles. The zero-order valence-corrected chi connectivity index (χ0v) is 21.6. The van der Waals surface area contributed by atoms with Crippen LogP contribution in [0.5, 0.6) is 17.2 Å². The lowest BCUT2D eigenvalue weighted by molar-refractivity contribution is -0.132. The monoisotopic (exact) mass is 521 g/mol. The first-order valence-corrected chi connectivity index (χ1v) is 12.4. The van der Waals surface area contributed by atoms with Gasteiger partial charge in [-0.3, -0.25) is 14.5 Å². The molecule has 1 saturated heterocycles. The number of hydrogen-bond acceptors (Lipinski definition) is 6. The van der Waals surface area contributed by atoms with Gasteiger partial charge in [-0.25, -0.2) is 0 Å². The van der Waals surface area contributed by atoms with Crippen LogP contribution in [0.1, 0.15) is 43.0 Å². The number of aliphatic hydroxyl groups excluding tert-OH is 1. The van der Waals surface area contributed by atoms with Crippen LogP contribution >= 0.6 is 11.6 Å². The first-order chi connectivity index (χ1) is 17.8. The second-order valence-corrected chi connectivity index (χ2v) is 9.05. The van der Waals surface area contributed by atoms with Crippen LogP contribution < -0.4 is 14.4 Å². The van der Waals surface area contributed by atoms with Crippen molar-refractivity contribution in [3.05, 3.63) is 87.9 Å². The summed E-state index contributed by atoms with van der Waals surface area (Å²) in [7, 11) is 0. The molecule has 1 aliphatic rings. The number of ether oxygens (including phenoxy) is 2. The maximum atomic E-state index is 13.4. The Bertz CT molecular complexity index is 1380. The van der Waals surface area contributed by atoms with E-state index in [4.69, 9.17) is 21.1 Å². The van der Waals surface area contributed by atoms with Crippen LogP contribution in [-0.2, 0) is 9.59 Å². The summed E-state index contributed by atoms with van der Waals surface area (Å²) < 4.78 is 11.2. The smallest absolute Gasteiger partial charge is 0.300 e. The molecule has 3 aromatic rings. The Kier molecular flexibility index (Phi) is 7.74. The Labute approximate surface area is 220 Å². The van der Waals surface area contributed by atoms with Gasteiger partial charge >= 0.3 is 0 Å². The molecule has 0 aromatic heterocycles. The van der Waals surface area contributed by atoms with Crippen LogP contribution in [0, 0.1) is 6.92 Å². The predicted octanol–water partition coefficient (Wildman–Crippen LogP) is 6.17. The molecule has 3 aromatic carbocycles. The van der Waals surface area contributed by atoms with Crippen molar-refractivity contribution in [2.24, 2.45) is 0 Å². The summed E-state index contributed by atoms with van der Waals surface area (Å²) in [6.45, 7) is 6.39. The first kappa shape index (κ1) is 26.1. The largest absolute Gasteiger partial charge is 0.507 e. The minimum Gasteiger partial charge on any atom is -0.507 e. The van der Waals surface area contributed by atoms with Gasteiger partial charge in [0, 0.05) is 16.3 Å². The van der Waals surface area contributed by atoms with E-state index in [1.54, 1.807) is 61.5 Å². The highest BCUT2D eigenvalue weighted by Gasteiger charge is 2.47. The molecule has 1 aliphatic heterocycles. The van der Waals surface area contributed by atoms with Gasteiger partial charge in [-0.2, -0.15) is 0 Å². The molecule has 8 heteroatoms. The average Bonchev–Trinajstić information content (AvgIpc) is 3.16. The van der Waals surface area contributed by atoms with Crippen LogP contribution in [0.15, 0.2) is 66.2 Å². The van der Waals surface area contributed by atoms with Crippen molar-refractivity contribution in [2.45, 2.75) is 33.2 Å². The van der Waals surface area contributed by atoms with Gasteiger partial charge in [0.2, 0.25) is 0 Å². The van der Waals surface area contributed by atoms with Crippen molar-refractivity contribution in [3.63, 3.8) is 0 Å². The molecule has 4 rings (SSSR count). The number of hydrogen-bond donors (Lipinski definition) is 2. The van der Waals surface area contributed by atoms with Crippen molar-refractivity contribution in [3.8, 4) is 17.2 Å². The Morgan fingerprint density at radius 3 is 2.51 bits per heavy atom. The third-order valence-electron chi connectivity index (χ3n) is 6.06. The molecule has 1 fully saturated rings. The van der Waals surface area contributed by atoms with Crippen LogP contribution in [0.2, 0.25) is 5.02 Å². The predicted molar refractivity (Wildman–Crippen MR) is 142 cm³/mol. The van der Waals surface area contributed by atoms with E-state index in [2.05, 4.69) is 0 Å². The molecule has 1 atom stereocenters. The van der Waals surface area contributed by atoms with Crippen molar-refractivity contribution in [1.29, 1.82) is 0 Å². The molecule has 37 heavy (non-hydrogen) atoms. The maximum Gasteiger partial charge on any atom is 0.300 e. The fourth-order valence-corrected chi connectivity index (χ4v) is 4.40. The second-order valence-electron chi connectivity index (χ2n) is 8.64. The number of nitrogens with zero attached hydrogens (tertiary/aromatic N) is 1. The van der Waals surface area contributed by atoms with Crippen molar-refractivity contribution in [1.82, 2.24) is 0 Å². The van der Waals surface area contributed by atoms with Crippen LogP contribution in [0.25, 0.3) is 5.76 Å². The van der Waals surface area contributed by atoms with Crippen molar-refractivity contribution in [2.75, 3.05) is 18.1 Å². The standard InChI is InChI=1S/C29H28ClNO6/c1-4-13-37-21-8-6-7-19(14-21)27(33)25-26(18-10-12-23(32)24(15-18)36-5-2)31(29(35)28(25)34)20-11-9-17(3)22(30)16-20/h6-12,14-16,26,32-33H,4-5,13H2,1-3H3/b27-25+. The average molecular weight is 522 g/mol. The maximum absolute atomic E-state index is 13.4. The van der Waals surface area contributed by atoms with E-state index in [1.807, 2.05) is 13.8 Å². The summed E-state index contributed by atoms with van der Waals surface area (Å²) in [6, 6.07) is 15.4.